The van der Waals surface area contributed by atoms with Crippen LogP contribution < -0.4 is 11.1 Å². The van der Waals surface area contributed by atoms with Gasteiger partial charge in [-0.15, -0.1) is 0 Å². The molecule has 0 aromatic heterocycles. The van der Waals surface area contributed by atoms with Crippen LogP contribution in [0.15, 0.2) is 35.2 Å². The van der Waals surface area contributed by atoms with Crippen molar-refractivity contribution in [3.05, 3.63) is 30.3 Å². The Morgan fingerprint density at radius 2 is 1.94 bits per heavy atom. The molecule has 1 aromatic carbocycles. The Balaban J connectivity index is 2.55. The second kappa shape index (κ2) is 5.79. The first-order valence-corrected chi connectivity index (χ1v) is 6.90. The number of amides is 1. The van der Waals surface area contributed by atoms with E-state index in [9.17, 15) is 13.2 Å². The lowest BCUT2D eigenvalue weighted by Crippen LogP contribution is -2.40. The van der Waals surface area contributed by atoms with Gasteiger partial charge in [-0.3, -0.25) is 4.79 Å². The number of carbonyl (C=O) groups is 1. The van der Waals surface area contributed by atoms with Crippen molar-refractivity contribution in [1.82, 2.24) is 5.32 Å². The summed E-state index contributed by atoms with van der Waals surface area (Å²) in [6.45, 7) is 1.61. The van der Waals surface area contributed by atoms with Gasteiger partial charge in [-0.05, 0) is 19.1 Å². The number of nitrogens with two attached hydrogens (primary N) is 1. The van der Waals surface area contributed by atoms with Crippen LogP contribution in [-0.2, 0) is 14.6 Å². The monoisotopic (exact) mass is 256 g/mol. The van der Waals surface area contributed by atoms with Crippen molar-refractivity contribution < 1.29 is 13.2 Å². The molecule has 0 aliphatic heterocycles. The van der Waals surface area contributed by atoms with Gasteiger partial charge in [0.1, 0.15) is 0 Å². The summed E-state index contributed by atoms with van der Waals surface area (Å²) in [5, 5.41) is 2.46. The number of rotatable bonds is 5. The molecule has 0 fully saturated rings. The Bertz CT molecular complexity index is 469. The van der Waals surface area contributed by atoms with Gasteiger partial charge >= 0.3 is 0 Å². The fraction of sp³-hybridized carbons (Fsp3) is 0.364. The van der Waals surface area contributed by atoms with E-state index in [0.717, 1.165) is 0 Å². The Hall–Kier alpha value is -1.40. The van der Waals surface area contributed by atoms with Crippen molar-refractivity contribution in [3.63, 3.8) is 0 Å². The molecule has 1 amide bonds. The lowest BCUT2D eigenvalue weighted by Gasteiger charge is -2.08. The van der Waals surface area contributed by atoms with Crippen molar-refractivity contribution in [2.45, 2.75) is 17.9 Å². The van der Waals surface area contributed by atoms with Gasteiger partial charge in [0.25, 0.3) is 0 Å². The van der Waals surface area contributed by atoms with Gasteiger partial charge in [-0.2, -0.15) is 0 Å². The second-order valence-electron chi connectivity index (χ2n) is 3.71. The molecule has 0 bridgehead atoms. The number of carbonyl (C=O) groups excluding carboxylic acids is 1. The molecule has 0 aliphatic carbocycles. The molecule has 6 heteroatoms. The second-order valence-corrected chi connectivity index (χ2v) is 5.82. The maximum atomic E-state index is 11.8. The third-order valence-electron chi connectivity index (χ3n) is 2.19. The van der Waals surface area contributed by atoms with Gasteiger partial charge in [-0.25, -0.2) is 8.42 Å². The van der Waals surface area contributed by atoms with Crippen LogP contribution in [0, 0.1) is 0 Å². The van der Waals surface area contributed by atoms with Crippen LogP contribution in [0.4, 0.5) is 0 Å². The van der Waals surface area contributed by atoms with Gasteiger partial charge in [0.05, 0.1) is 16.7 Å². The molecule has 0 saturated carbocycles. The van der Waals surface area contributed by atoms with E-state index < -0.39 is 15.9 Å². The molecule has 3 N–H and O–H groups in total. The smallest absolute Gasteiger partial charge is 0.236 e. The number of hydrogen-bond donors (Lipinski definition) is 2. The molecule has 94 valence electrons. The lowest BCUT2D eigenvalue weighted by molar-refractivity contribution is -0.121. The maximum absolute atomic E-state index is 11.8. The van der Waals surface area contributed by atoms with Crippen LogP contribution in [0.5, 0.6) is 0 Å². The van der Waals surface area contributed by atoms with E-state index in [4.69, 9.17) is 5.73 Å². The van der Waals surface area contributed by atoms with Crippen LogP contribution >= 0.6 is 0 Å². The molecule has 0 aliphatic rings. The largest absolute Gasteiger partial charge is 0.354 e. The van der Waals surface area contributed by atoms with Gasteiger partial charge in [0.15, 0.2) is 9.84 Å². The van der Waals surface area contributed by atoms with Gasteiger partial charge in [-0.1, -0.05) is 18.2 Å². The van der Waals surface area contributed by atoms with Crippen molar-refractivity contribution in [3.8, 4) is 0 Å². The Morgan fingerprint density at radius 3 is 2.47 bits per heavy atom. The van der Waals surface area contributed by atoms with Crippen LogP contribution in [0.1, 0.15) is 6.92 Å². The van der Waals surface area contributed by atoms with Gasteiger partial charge in [0.2, 0.25) is 5.91 Å². The molecule has 1 rings (SSSR count). The zero-order valence-corrected chi connectivity index (χ0v) is 10.4. The van der Waals surface area contributed by atoms with Crippen LogP contribution in [0.3, 0.4) is 0 Å². The van der Waals surface area contributed by atoms with E-state index in [1.165, 1.54) is 12.1 Å². The Morgan fingerprint density at radius 1 is 1.35 bits per heavy atom. The standard InChI is InChI=1S/C11H16N2O3S/c1-9(12)11(14)13-7-8-17(15,16)10-5-3-2-4-6-10/h2-6,9H,7-8,12H2,1H3,(H,13,14)/t9-/m1/s1. The highest BCUT2D eigenvalue weighted by Gasteiger charge is 2.14. The number of sulfone groups is 1. The van der Waals surface area contributed by atoms with Crippen molar-refractivity contribution in [2.24, 2.45) is 5.73 Å². The summed E-state index contributed by atoms with van der Waals surface area (Å²) in [4.78, 5) is 11.4. The lowest BCUT2D eigenvalue weighted by atomic mass is 10.3. The highest BCUT2D eigenvalue weighted by Crippen LogP contribution is 2.09. The molecular formula is C11H16N2O3S. The average molecular weight is 256 g/mol. The summed E-state index contributed by atoms with van der Waals surface area (Å²) in [5.41, 5.74) is 5.34. The van der Waals surface area contributed by atoms with E-state index in [1.807, 2.05) is 0 Å². The maximum Gasteiger partial charge on any atom is 0.236 e. The summed E-state index contributed by atoms with van der Waals surface area (Å²) < 4.78 is 23.6. The highest BCUT2D eigenvalue weighted by atomic mass is 32.2. The molecule has 0 heterocycles. The zero-order chi connectivity index (χ0) is 12.9. The number of nitrogens with one attached hydrogen (secondary N) is 1. The summed E-state index contributed by atoms with van der Waals surface area (Å²) >= 11 is 0. The summed E-state index contributed by atoms with van der Waals surface area (Å²) in [5.74, 6) is -0.483. The van der Waals surface area contributed by atoms with Gasteiger partial charge in [0, 0.05) is 6.54 Å². The predicted octanol–water partition coefficient (Wildman–Crippen LogP) is -0.0763. The minimum Gasteiger partial charge on any atom is -0.354 e. The topological polar surface area (TPSA) is 89.3 Å². The van der Waals surface area contributed by atoms with E-state index >= 15 is 0 Å². The quantitative estimate of drug-likeness (QED) is 0.771. The fourth-order valence-corrected chi connectivity index (χ4v) is 2.39. The SMILES string of the molecule is C[C@@H](N)C(=O)NCCS(=O)(=O)c1ccccc1. The first kappa shape index (κ1) is 13.7. The third kappa shape index (κ3) is 4.16. The van der Waals surface area contributed by atoms with E-state index in [2.05, 4.69) is 5.32 Å². The zero-order valence-electron chi connectivity index (χ0n) is 9.59. The Labute approximate surface area is 101 Å². The molecule has 0 saturated heterocycles. The average Bonchev–Trinajstić information content (AvgIpc) is 2.29. The first-order valence-electron chi connectivity index (χ1n) is 5.24. The third-order valence-corrected chi connectivity index (χ3v) is 3.92. The fourth-order valence-electron chi connectivity index (χ4n) is 1.22. The molecule has 0 unspecified atom stereocenters. The minimum absolute atomic E-state index is 0.0671. The molecule has 5 nitrogen and oxygen atoms in total. The van der Waals surface area contributed by atoms with E-state index in [0.29, 0.717) is 0 Å². The molecular weight excluding hydrogens is 240 g/mol. The molecule has 1 atom stereocenters. The van der Waals surface area contributed by atoms with E-state index in [-0.39, 0.29) is 23.1 Å². The van der Waals surface area contributed by atoms with Crippen LogP contribution in [0.25, 0.3) is 0 Å². The van der Waals surface area contributed by atoms with Crippen molar-refractivity contribution in [2.75, 3.05) is 12.3 Å². The first-order chi connectivity index (χ1) is 7.93. The highest BCUT2D eigenvalue weighted by molar-refractivity contribution is 7.91. The van der Waals surface area contributed by atoms with Gasteiger partial charge < -0.3 is 11.1 Å². The summed E-state index contributed by atoms with van der Waals surface area (Å²) in [6, 6.07) is 7.50. The Kier molecular flexibility index (Phi) is 4.65. The van der Waals surface area contributed by atoms with Crippen molar-refractivity contribution >= 4 is 15.7 Å². The number of benzene rings is 1. The molecule has 1 aromatic rings. The van der Waals surface area contributed by atoms with E-state index in [1.54, 1.807) is 25.1 Å². The predicted molar refractivity (Wildman–Crippen MR) is 65.2 cm³/mol. The molecule has 17 heavy (non-hydrogen) atoms. The molecule has 0 radical (unpaired) electrons. The normalized spacial score (nSPS) is 13.1. The molecule has 0 spiro atoms. The van der Waals surface area contributed by atoms with Crippen LogP contribution in [-0.4, -0.2) is 32.7 Å². The minimum atomic E-state index is -3.34. The van der Waals surface area contributed by atoms with Crippen LogP contribution in [0.2, 0.25) is 0 Å². The summed E-state index contributed by atoms with van der Waals surface area (Å²) in [7, 11) is -3.34. The number of hydrogen-bond acceptors (Lipinski definition) is 4. The summed E-state index contributed by atoms with van der Waals surface area (Å²) in [6.07, 6.45) is 0. The van der Waals surface area contributed by atoms with Crippen molar-refractivity contribution in [1.29, 1.82) is 0 Å².